The molecular weight excluding hydrogens is 288 g/mol. The van der Waals surface area contributed by atoms with Gasteiger partial charge in [-0.3, -0.25) is 14.5 Å². The maximum atomic E-state index is 12.4. The van der Waals surface area contributed by atoms with Crippen LogP contribution in [-0.2, 0) is 9.59 Å². The van der Waals surface area contributed by atoms with Gasteiger partial charge >= 0.3 is 5.97 Å². The van der Waals surface area contributed by atoms with E-state index < -0.39 is 5.97 Å². The SMILES string of the molecule is Nc1ccc(N(C(=O)CCCC(=O)O)c2cccs2)cc1. The molecule has 1 amide bonds. The summed E-state index contributed by atoms with van der Waals surface area (Å²) in [4.78, 5) is 24.6. The van der Waals surface area contributed by atoms with E-state index in [0.29, 0.717) is 12.1 Å². The number of carbonyl (C=O) groups excluding carboxylic acids is 1. The van der Waals surface area contributed by atoms with Crippen molar-refractivity contribution in [1.82, 2.24) is 0 Å². The minimum Gasteiger partial charge on any atom is -0.481 e. The van der Waals surface area contributed by atoms with E-state index in [1.54, 1.807) is 29.2 Å². The van der Waals surface area contributed by atoms with E-state index in [1.807, 2.05) is 17.5 Å². The van der Waals surface area contributed by atoms with Gasteiger partial charge in [0.25, 0.3) is 0 Å². The summed E-state index contributed by atoms with van der Waals surface area (Å²) in [5.74, 6) is -1.01. The van der Waals surface area contributed by atoms with Crippen LogP contribution in [0.1, 0.15) is 19.3 Å². The summed E-state index contributed by atoms with van der Waals surface area (Å²) in [5.41, 5.74) is 7.03. The van der Waals surface area contributed by atoms with Crippen LogP contribution >= 0.6 is 11.3 Å². The fourth-order valence-electron chi connectivity index (χ4n) is 1.92. The van der Waals surface area contributed by atoms with Crippen molar-refractivity contribution in [3.8, 4) is 0 Å². The Hall–Kier alpha value is -2.34. The van der Waals surface area contributed by atoms with Crippen molar-refractivity contribution in [2.45, 2.75) is 19.3 Å². The fourth-order valence-corrected chi connectivity index (χ4v) is 2.68. The van der Waals surface area contributed by atoms with E-state index in [4.69, 9.17) is 10.8 Å². The smallest absolute Gasteiger partial charge is 0.303 e. The molecule has 3 N–H and O–H groups in total. The van der Waals surface area contributed by atoms with E-state index in [2.05, 4.69) is 0 Å². The summed E-state index contributed by atoms with van der Waals surface area (Å²) in [6.07, 6.45) is 0.505. The van der Waals surface area contributed by atoms with Crippen molar-refractivity contribution in [2.75, 3.05) is 10.6 Å². The molecule has 2 aromatic rings. The highest BCUT2D eigenvalue weighted by Crippen LogP contribution is 2.31. The van der Waals surface area contributed by atoms with Crippen LogP contribution in [0.4, 0.5) is 16.4 Å². The fraction of sp³-hybridized carbons (Fsp3) is 0.200. The minimum atomic E-state index is -0.891. The topological polar surface area (TPSA) is 83.6 Å². The maximum Gasteiger partial charge on any atom is 0.303 e. The van der Waals surface area contributed by atoms with Gasteiger partial charge in [0, 0.05) is 24.2 Å². The number of nitrogens with two attached hydrogens (primary N) is 1. The normalized spacial score (nSPS) is 10.3. The number of carboxylic acid groups (broad SMARTS) is 1. The van der Waals surface area contributed by atoms with Crippen LogP contribution in [0.15, 0.2) is 41.8 Å². The van der Waals surface area contributed by atoms with E-state index >= 15 is 0 Å². The molecule has 2 rings (SSSR count). The predicted octanol–water partition coefficient (Wildman–Crippen LogP) is 3.25. The van der Waals surface area contributed by atoms with Crippen LogP contribution < -0.4 is 10.6 Å². The maximum absolute atomic E-state index is 12.4. The van der Waals surface area contributed by atoms with Crippen LogP contribution in [0.25, 0.3) is 0 Å². The number of nitrogens with zero attached hydrogens (tertiary/aromatic N) is 1. The molecule has 0 radical (unpaired) electrons. The molecule has 0 saturated carbocycles. The Bertz CT molecular complexity index is 608. The molecule has 0 aliphatic heterocycles. The van der Waals surface area contributed by atoms with Crippen molar-refractivity contribution >= 4 is 39.6 Å². The lowest BCUT2D eigenvalue weighted by Gasteiger charge is -2.21. The van der Waals surface area contributed by atoms with E-state index in [9.17, 15) is 9.59 Å². The number of hydrogen-bond donors (Lipinski definition) is 2. The number of anilines is 3. The third-order valence-electron chi connectivity index (χ3n) is 2.91. The highest BCUT2D eigenvalue weighted by atomic mass is 32.1. The zero-order valence-electron chi connectivity index (χ0n) is 11.4. The number of nitrogen functional groups attached to an aromatic ring is 1. The summed E-state index contributed by atoms with van der Waals surface area (Å²) in [6, 6.07) is 10.8. The number of hydrogen-bond acceptors (Lipinski definition) is 4. The first-order valence-electron chi connectivity index (χ1n) is 6.51. The van der Waals surface area contributed by atoms with Crippen LogP contribution in [-0.4, -0.2) is 17.0 Å². The first-order chi connectivity index (χ1) is 10.1. The van der Waals surface area contributed by atoms with Gasteiger partial charge in [-0.25, -0.2) is 0 Å². The minimum absolute atomic E-state index is 0.00818. The van der Waals surface area contributed by atoms with E-state index in [1.165, 1.54) is 11.3 Å². The molecule has 1 aromatic heterocycles. The van der Waals surface area contributed by atoms with Crippen LogP contribution in [0, 0.1) is 0 Å². The quantitative estimate of drug-likeness (QED) is 0.802. The van der Waals surface area contributed by atoms with Gasteiger partial charge in [0.05, 0.1) is 0 Å². The van der Waals surface area contributed by atoms with Crippen molar-refractivity contribution in [1.29, 1.82) is 0 Å². The second kappa shape index (κ2) is 6.90. The average Bonchev–Trinajstić information content (AvgIpc) is 2.95. The van der Waals surface area contributed by atoms with E-state index in [-0.39, 0.29) is 18.7 Å². The highest BCUT2D eigenvalue weighted by molar-refractivity contribution is 7.14. The number of rotatable bonds is 6. The van der Waals surface area contributed by atoms with Crippen molar-refractivity contribution in [3.05, 3.63) is 41.8 Å². The molecule has 0 fully saturated rings. The van der Waals surface area contributed by atoms with Gasteiger partial charge in [0.1, 0.15) is 5.00 Å². The van der Waals surface area contributed by atoms with Crippen molar-refractivity contribution < 1.29 is 14.7 Å². The monoisotopic (exact) mass is 304 g/mol. The van der Waals surface area contributed by atoms with Crippen LogP contribution in [0.2, 0.25) is 0 Å². The summed E-state index contributed by atoms with van der Waals surface area (Å²) in [7, 11) is 0. The molecule has 0 saturated heterocycles. The number of thiophene rings is 1. The number of carboxylic acids is 1. The molecule has 0 unspecified atom stereocenters. The molecule has 0 aliphatic rings. The van der Waals surface area contributed by atoms with Crippen molar-refractivity contribution in [2.24, 2.45) is 0 Å². The van der Waals surface area contributed by atoms with E-state index in [0.717, 1.165) is 10.7 Å². The molecule has 0 bridgehead atoms. The molecule has 0 aliphatic carbocycles. The van der Waals surface area contributed by atoms with Gasteiger partial charge in [0.15, 0.2) is 0 Å². The third kappa shape index (κ3) is 4.06. The lowest BCUT2D eigenvalue weighted by atomic mass is 10.2. The Labute approximate surface area is 126 Å². The standard InChI is InChI=1S/C15H16N2O3S/c16-11-6-8-12(9-7-11)17(14-4-2-10-21-14)13(18)3-1-5-15(19)20/h2,4,6-10H,1,3,5,16H2,(H,19,20). The zero-order valence-corrected chi connectivity index (χ0v) is 12.2. The average molecular weight is 304 g/mol. The zero-order chi connectivity index (χ0) is 15.2. The largest absolute Gasteiger partial charge is 0.481 e. The van der Waals surface area contributed by atoms with Gasteiger partial charge in [0.2, 0.25) is 5.91 Å². The Morgan fingerprint density at radius 2 is 1.86 bits per heavy atom. The Morgan fingerprint density at radius 3 is 2.43 bits per heavy atom. The summed E-state index contributed by atoms with van der Waals surface area (Å²) in [6.45, 7) is 0. The molecule has 0 atom stereocenters. The molecule has 110 valence electrons. The number of aliphatic carboxylic acids is 1. The Morgan fingerprint density at radius 1 is 1.14 bits per heavy atom. The van der Waals surface area contributed by atoms with Crippen molar-refractivity contribution in [3.63, 3.8) is 0 Å². The third-order valence-corrected chi connectivity index (χ3v) is 3.76. The van der Waals surface area contributed by atoms with Gasteiger partial charge in [-0.2, -0.15) is 0 Å². The van der Waals surface area contributed by atoms with Gasteiger partial charge < -0.3 is 10.8 Å². The summed E-state index contributed by atoms with van der Waals surface area (Å²) >= 11 is 1.46. The second-order valence-corrected chi connectivity index (χ2v) is 5.45. The molecular formula is C15H16N2O3S. The Balaban J connectivity index is 2.18. The lowest BCUT2D eigenvalue weighted by Crippen LogP contribution is -2.25. The lowest BCUT2D eigenvalue weighted by molar-refractivity contribution is -0.137. The molecule has 1 heterocycles. The van der Waals surface area contributed by atoms with Crippen LogP contribution in [0.5, 0.6) is 0 Å². The summed E-state index contributed by atoms with van der Waals surface area (Å²) in [5, 5.41) is 11.4. The van der Waals surface area contributed by atoms with Gasteiger partial charge in [-0.15, -0.1) is 11.3 Å². The van der Waals surface area contributed by atoms with Crippen LogP contribution in [0.3, 0.4) is 0 Å². The number of benzene rings is 1. The Kier molecular flexibility index (Phi) is 4.94. The molecule has 1 aromatic carbocycles. The van der Waals surface area contributed by atoms with Gasteiger partial charge in [-0.05, 0) is 48.2 Å². The van der Waals surface area contributed by atoms with Gasteiger partial charge in [-0.1, -0.05) is 0 Å². The first kappa shape index (κ1) is 15.1. The molecule has 21 heavy (non-hydrogen) atoms. The summed E-state index contributed by atoms with van der Waals surface area (Å²) < 4.78 is 0. The first-order valence-corrected chi connectivity index (χ1v) is 7.39. The highest BCUT2D eigenvalue weighted by Gasteiger charge is 2.18. The number of carbonyl (C=O) groups is 2. The molecule has 0 spiro atoms. The predicted molar refractivity (Wildman–Crippen MR) is 83.8 cm³/mol. The molecule has 6 heteroatoms. The second-order valence-electron chi connectivity index (χ2n) is 4.52. The number of amides is 1. The molecule has 5 nitrogen and oxygen atoms in total.